The fourth-order valence-corrected chi connectivity index (χ4v) is 2.76. The number of carbonyl (C=O) groups is 2. The molecule has 2 rings (SSSR count). The first-order valence-electron chi connectivity index (χ1n) is 6.78. The lowest BCUT2D eigenvalue weighted by molar-refractivity contribution is -0.149. The van der Waals surface area contributed by atoms with Gasteiger partial charge in [0.15, 0.2) is 0 Å². The van der Waals surface area contributed by atoms with Gasteiger partial charge in [0.2, 0.25) is 5.91 Å². The van der Waals surface area contributed by atoms with Gasteiger partial charge >= 0.3 is 5.97 Å². The third-order valence-electron chi connectivity index (χ3n) is 3.94. The van der Waals surface area contributed by atoms with Crippen molar-refractivity contribution in [1.82, 2.24) is 9.80 Å². The van der Waals surface area contributed by atoms with Crippen LogP contribution in [-0.2, 0) is 14.3 Å². The predicted molar refractivity (Wildman–Crippen MR) is 67.0 cm³/mol. The number of hydrogen-bond acceptors (Lipinski definition) is 4. The van der Waals surface area contributed by atoms with E-state index in [1.54, 1.807) is 0 Å². The lowest BCUT2D eigenvalue weighted by atomic mass is 9.97. The Morgan fingerprint density at radius 3 is 2.28 bits per heavy atom. The summed E-state index contributed by atoms with van der Waals surface area (Å²) in [5, 5.41) is 0. The second-order valence-corrected chi connectivity index (χ2v) is 5.16. The summed E-state index contributed by atoms with van der Waals surface area (Å²) in [6.45, 7) is 4.01. The van der Waals surface area contributed by atoms with Gasteiger partial charge in [-0.25, -0.2) is 0 Å². The maximum atomic E-state index is 12.1. The Labute approximate surface area is 108 Å². The first-order chi connectivity index (χ1) is 8.70. The Balaban J connectivity index is 1.74. The first-order valence-corrected chi connectivity index (χ1v) is 6.78. The number of hydrogen-bond donors (Lipinski definition) is 0. The zero-order valence-corrected chi connectivity index (χ0v) is 11.1. The summed E-state index contributed by atoms with van der Waals surface area (Å²) in [7, 11) is 1.42. The molecule has 0 aromatic carbocycles. The maximum Gasteiger partial charge on any atom is 0.308 e. The van der Waals surface area contributed by atoms with E-state index in [1.165, 1.54) is 20.0 Å². The van der Waals surface area contributed by atoms with Crippen LogP contribution in [0.2, 0.25) is 0 Å². The summed E-state index contributed by atoms with van der Waals surface area (Å²) in [5.41, 5.74) is 0. The molecule has 2 aliphatic heterocycles. The summed E-state index contributed by atoms with van der Waals surface area (Å²) in [4.78, 5) is 27.6. The largest absolute Gasteiger partial charge is 0.469 e. The lowest BCUT2D eigenvalue weighted by Crippen LogP contribution is -2.44. The van der Waals surface area contributed by atoms with E-state index >= 15 is 0 Å². The second-order valence-electron chi connectivity index (χ2n) is 5.16. The molecular formula is C13H22N2O3. The number of esters is 1. The average molecular weight is 254 g/mol. The molecule has 102 valence electrons. The minimum Gasteiger partial charge on any atom is -0.469 e. The summed E-state index contributed by atoms with van der Waals surface area (Å²) >= 11 is 0. The van der Waals surface area contributed by atoms with Gasteiger partial charge in [-0.15, -0.1) is 0 Å². The van der Waals surface area contributed by atoms with Gasteiger partial charge in [-0.05, 0) is 38.8 Å². The van der Waals surface area contributed by atoms with Crippen molar-refractivity contribution in [3.63, 3.8) is 0 Å². The monoisotopic (exact) mass is 254 g/mol. The molecule has 0 aromatic rings. The lowest BCUT2D eigenvalue weighted by Gasteiger charge is -2.31. The van der Waals surface area contributed by atoms with Gasteiger partial charge < -0.3 is 9.64 Å². The van der Waals surface area contributed by atoms with Gasteiger partial charge in [-0.1, -0.05) is 0 Å². The fourth-order valence-electron chi connectivity index (χ4n) is 2.76. The molecule has 0 N–H and O–H groups in total. The molecule has 2 heterocycles. The predicted octanol–water partition coefficient (Wildman–Crippen LogP) is 0.494. The summed E-state index contributed by atoms with van der Waals surface area (Å²) in [5.74, 6) is 0.0488. The Bertz CT molecular complexity index is 305. The molecule has 0 aliphatic carbocycles. The normalized spacial score (nSPS) is 22.2. The fraction of sp³-hybridized carbons (Fsp3) is 0.846. The van der Waals surface area contributed by atoms with E-state index in [9.17, 15) is 9.59 Å². The van der Waals surface area contributed by atoms with Crippen LogP contribution in [0.5, 0.6) is 0 Å². The third kappa shape index (κ3) is 3.22. The highest BCUT2D eigenvalue weighted by Gasteiger charge is 2.28. The highest BCUT2D eigenvalue weighted by molar-refractivity contribution is 5.79. The van der Waals surface area contributed by atoms with Crippen molar-refractivity contribution < 1.29 is 14.3 Å². The highest BCUT2D eigenvalue weighted by atomic mass is 16.5. The Hall–Kier alpha value is -1.10. The van der Waals surface area contributed by atoms with Crippen LogP contribution in [0.4, 0.5) is 0 Å². The number of ether oxygens (including phenoxy) is 1. The van der Waals surface area contributed by atoms with Gasteiger partial charge in [0.25, 0.3) is 0 Å². The number of rotatable bonds is 3. The van der Waals surface area contributed by atoms with Crippen molar-refractivity contribution >= 4 is 11.9 Å². The van der Waals surface area contributed by atoms with Crippen LogP contribution in [0.15, 0.2) is 0 Å². The molecule has 0 radical (unpaired) electrons. The van der Waals surface area contributed by atoms with Crippen LogP contribution >= 0.6 is 0 Å². The van der Waals surface area contributed by atoms with E-state index in [1.807, 2.05) is 4.90 Å². The minimum absolute atomic E-state index is 0.0224. The van der Waals surface area contributed by atoms with Crippen molar-refractivity contribution in [3.8, 4) is 0 Å². The number of piperidine rings is 1. The van der Waals surface area contributed by atoms with E-state index in [-0.39, 0.29) is 17.8 Å². The zero-order valence-electron chi connectivity index (χ0n) is 11.1. The zero-order chi connectivity index (χ0) is 13.0. The first kappa shape index (κ1) is 13.3. The van der Waals surface area contributed by atoms with Crippen LogP contribution in [0.25, 0.3) is 0 Å². The highest BCUT2D eigenvalue weighted by Crippen LogP contribution is 2.19. The molecule has 0 bridgehead atoms. The molecule has 0 unspecified atom stereocenters. The van der Waals surface area contributed by atoms with Crippen LogP contribution < -0.4 is 0 Å². The van der Waals surface area contributed by atoms with E-state index in [4.69, 9.17) is 4.74 Å². The maximum absolute atomic E-state index is 12.1. The second kappa shape index (κ2) is 6.18. The quantitative estimate of drug-likeness (QED) is 0.688. The molecule has 5 nitrogen and oxygen atoms in total. The van der Waals surface area contributed by atoms with Crippen LogP contribution in [0, 0.1) is 5.92 Å². The number of nitrogens with zero attached hydrogens (tertiary/aromatic N) is 2. The summed E-state index contributed by atoms with van der Waals surface area (Å²) < 4.78 is 4.74. The van der Waals surface area contributed by atoms with Crippen molar-refractivity contribution in [1.29, 1.82) is 0 Å². The molecule has 2 fully saturated rings. The number of amides is 1. The van der Waals surface area contributed by atoms with Crippen molar-refractivity contribution in [2.75, 3.05) is 39.8 Å². The Morgan fingerprint density at radius 2 is 1.72 bits per heavy atom. The van der Waals surface area contributed by atoms with Crippen molar-refractivity contribution in [2.45, 2.75) is 25.7 Å². The van der Waals surface area contributed by atoms with Gasteiger partial charge in [0, 0.05) is 13.1 Å². The molecule has 2 aliphatic rings. The summed E-state index contributed by atoms with van der Waals surface area (Å²) in [6, 6.07) is 0. The average Bonchev–Trinajstić information content (AvgIpc) is 2.91. The van der Waals surface area contributed by atoms with Crippen LogP contribution in [0.3, 0.4) is 0 Å². The summed E-state index contributed by atoms with van der Waals surface area (Å²) in [6.07, 6.45) is 3.88. The topological polar surface area (TPSA) is 49.9 Å². The molecule has 0 aromatic heterocycles. The molecular weight excluding hydrogens is 232 g/mol. The van der Waals surface area contributed by atoms with E-state index in [2.05, 4.69) is 4.90 Å². The van der Waals surface area contributed by atoms with E-state index < -0.39 is 0 Å². The molecule has 18 heavy (non-hydrogen) atoms. The molecule has 2 saturated heterocycles. The van der Waals surface area contributed by atoms with Crippen LogP contribution in [0.1, 0.15) is 25.7 Å². The van der Waals surface area contributed by atoms with E-state index in [0.29, 0.717) is 19.6 Å². The smallest absolute Gasteiger partial charge is 0.308 e. The molecule has 5 heteroatoms. The van der Waals surface area contributed by atoms with Crippen molar-refractivity contribution in [2.24, 2.45) is 5.92 Å². The number of methoxy groups -OCH3 is 1. The van der Waals surface area contributed by atoms with Gasteiger partial charge in [0.1, 0.15) is 0 Å². The number of likely N-dealkylation sites (tertiary alicyclic amines) is 2. The molecule has 1 amide bonds. The molecule has 0 atom stereocenters. The van der Waals surface area contributed by atoms with E-state index in [0.717, 1.165) is 25.9 Å². The molecule has 0 saturated carbocycles. The number of carbonyl (C=O) groups excluding carboxylic acids is 2. The van der Waals surface area contributed by atoms with Gasteiger partial charge in [-0.2, -0.15) is 0 Å². The van der Waals surface area contributed by atoms with Crippen molar-refractivity contribution in [3.05, 3.63) is 0 Å². The Kier molecular flexibility index (Phi) is 4.58. The Morgan fingerprint density at radius 1 is 1.11 bits per heavy atom. The van der Waals surface area contributed by atoms with Gasteiger partial charge in [-0.3, -0.25) is 14.5 Å². The standard InChI is InChI=1S/C13H22N2O3/c1-18-13(17)11-4-8-15(9-5-11)12(16)10-14-6-2-3-7-14/h11H,2-10H2,1H3. The minimum atomic E-state index is -0.137. The van der Waals surface area contributed by atoms with Gasteiger partial charge in [0.05, 0.1) is 19.6 Å². The SMILES string of the molecule is COC(=O)C1CCN(C(=O)CN2CCCC2)CC1. The molecule has 0 spiro atoms. The third-order valence-corrected chi connectivity index (χ3v) is 3.94. The van der Waals surface area contributed by atoms with Crippen LogP contribution in [-0.4, -0.2) is 61.5 Å².